The van der Waals surface area contributed by atoms with Crippen molar-refractivity contribution in [2.45, 2.75) is 6.61 Å². The summed E-state index contributed by atoms with van der Waals surface area (Å²) in [5.74, 6) is 0.286. The lowest BCUT2D eigenvalue weighted by Crippen LogP contribution is -1.98. The second kappa shape index (κ2) is 5.80. The van der Waals surface area contributed by atoms with Crippen molar-refractivity contribution >= 4 is 17.3 Å². The molecule has 0 saturated heterocycles. The lowest BCUT2D eigenvalue weighted by Gasteiger charge is -2.09. The van der Waals surface area contributed by atoms with Crippen LogP contribution in [0.15, 0.2) is 36.4 Å². The van der Waals surface area contributed by atoms with Gasteiger partial charge in [0.25, 0.3) is 0 Å². The first-order valence-electron chi connectivity index (χ1n) is 5.60. The molecule has 2 aromatic rings. The van der Waals surface area contributed by atoms with Crippen molar-refractivity contribution in [3.8, 4) is 11.5 Å². The van der Waals surface area contributed by atoms with Gasteiger partial charge in [0.15, 0.2) is 11.6 Å². The van der Waals surface area contributed by atoms with E-state index < -0.39 is 5.82 Å². The first-order chi connectivity index (χ1) is 9.10. The van der Waals surface area contributed by atoms with E-state index in [1.807, 2.05) is 0 Å². The zero-order valence-electron chi connectivity index (χ0n) is 10.3. The van der Waals surface area contributed by atoms with E-state index >= 15 is 0 Å². The molecule has 0 saturated carbocycles. The third-order valence-corrected chi connectivity index (χ3v) is 2.86. The molecular formula is C14H13ClFNO2. The van der Waals surface area contributed by atoms with Crippen molar-refractivity contribution in [1.29, 1.82) is 0 Å². The van der Waals surface area contributed by atoms with Gasteiger partial charge in [-0.25, -0.2) is 4.39 Å². The number of methoxy groups -OCH3 is 1. The Bertz CT molecular complexity index is 590. The SMILES string of the molecule is COc1ccc(COc2ccc(N)cc2Cl)cc1F. The second-order valence-corrected chi connectivity index (χ2v) is 4.35. The molecule has 0 radical (unpaired) electrons. The first-order valence-corrected chi connectivity index (χ1v) is 5.98. The highest BCUT2D eigenvalue weighted by atomic mass is 35.5. The molecule has 0 heterocycles. The van der Waals surface area contributed by atoms with Crippen LogP contribution in [0.5, 0.6) is 11.5 Å². The fourth-order valence-electron chi connectivity index (χ4n) is 1.59. The van der Waals surface area contributed by atoms with Gasteiger partial charge in [0, 0.05) is 5.69 Å². The first kappa shape index (κ1) is 13.5. The van der Waals surface area contributed by atoms with E-state index in [4.69, 9.17) is 26.8 Å². The minimum atomic E-state index is -0.424. The number of nitrogen functional groups attached to an aromatic ring is 1. The van der Waals surface area contributed by atoms with Crippen LogP contribution in [0.1, 0.15) is 5.56 Å². The van der Waals surface area contributed by atoms with Gasteiger partial charge in [0.1, 0.15) is 12.4 Å². The summed E-state index contributed by atoms with van der Waals surface area (Å²) in [6.45, 7) is 0.213. The Morgan fingerprint density at radius 2 is 1.89 bits per heavy atom. The highest BCUT2D eigenvalue weighted by Gasteiger charge is 2.06. The Balaban J connectivity index is 2.08. The third kappa shape index (κ3) is 3.29. The standard InChI is InChI=1S/C14H13ClFNO2/c1-18-14-4-2-9(6-12(14)16)8-19-13-5-3-10(17)7-11(13)15/h2-7H,8,17H2,1H3. The van der Waals surface area contributed by atoms with Gasteiger partial charge in [-0.15, -0.1) is 0 Å². The van der Waals surface area contributed by atoms with Crippen LogP contribution in [0.4, 0.5) is 10.1 Å². The van der Waals surface area contributed by atoms with Crippen LogP contribution < -0.4 is 15.2 Å². The molecular weight excluding hydrogens is 269 g/mol. The summed E-state index contributed by atoms with van der Waals surface area (Å²) < 4.78 is 23.8. The molecule has 0 spiro atoms. The number of halogens is 2. The average Bonchev–Trinajstić information content (AvgIpc) is 2.38. The lowest BCUT2D eigenvalue weighted by atomic mass is 10.2. The molecule has 0 amide bonds. The van der Waals surface area contributed by atoms with Crippen LogP contribution in [-0.2, 0) is 6.61 Å². The fraction of sp³-hybridized carbons (Fsp3) is 0.143. The average molecular weight is 282 g/mol. The summed E-state index contributed by atoms with van der Waals surface area (Å²) in [4.78, 5) is 0. The molecule has 0 atom stereocenters. The van der Waals surface area contributed by atoms with Crippen LogP contribution in [-0.4, -0.2) is 7.11 Å². The quantitative estimate of drug-likeness (QED) is 0.870. The van der Waals surface area contributed by atoms with E-state index in [1.165, 1.54) is 13.2 Å². The van der Waals surface area contributed by atoms with Gasteiger partial charge in [-0.3, -0.25) is 0 Å². The molecule has 0 unspecified atom stereocenters. The van der Waals surface area contributed by atoms with E-state index in [9.17, 15) is 4.39 Å². The predicted octanol–water partition coefficient (Wildman–Crippen LogP) is 3.65. The minimum absolute atomic E-state index is 0.203. The molecule has 0 aliphatic rings. The van der Waals surface area contributed by atoms with E-state index in [0.29, 0.717) is 22.0 Å². The second-order valence-electron chi connectivity index (χ2n) is 3.95. The summed E-state index contributed by atoms with van der Waals surface area (Å²) in [7, 11) is 1.42. The zero-order valence-corrected chi connectivity index (χ0v) is 11.1. The summed E-state index contributed by atoms with van der Waals surface area (Å²) in [5.41, 5.74) is 6.83. The minimum Gasteiger partial charge on any atom is -0.494 e. The van der Waals surface area contributed by atoms with Crippen LogP contribution in [0, 0.1) is 5.82 Å². The highest BCUT2D eigenvalue weighted by Crippen LogP contribution is 2.27. The zero-order chi connectivity index (χ0) is 13.8. The van der Waals surface area contributed by atoms with Gasteiger partial charge in [-0.1, -0.05) is 17.7 Å². The Labute approximate surface area is 115 Å². The van der Waals surface area contributed by atoms with Crippen molar-refractivity contribution in [2.75, 3.05) is 12.8 Å². The maximum atomic E-state index is 13.5. The van der Waals surface area contributed by atoms with Gasteiger partial charge in [-0.05, 0) is 35.9 Å². The highest BCUT2D eigenvalue weighted by molar-refractivity contribution is 6.32. The molecule has 3 nitrogen and oxygen atoms in total. The molecule has 0 bridgehead atoms. The summed E-state index contributed by atoms with van der Waals surface area (Å²) >= 11 is 5.98. The molecule has 100 valence electrons. The molecule has 0 aromatic heterocycles. The summed E-state index contributed by atoms with van der Waals surface area (Å²) in [6.07, 6.45) is 0. The topological polar surface area (TPSA) is 44.5 Å². The number of hydrogen-bond donors (Lipinski definition) is 1. The van der Waals surface area contributed by atoms with Crippen molar-refractivity contribution in [3.05, 3.63) is 52.8 Å². The fourth-order valence-corrected chi connectivity index (χ4v) is 1.84. The monoisotopic (exact) mass is 281 g/mol. The number of rotatable bonds is 4. The lowest BCUT2D eigenvalue weighted by molar-refractivity contribution is 0.305. The molecule has 0 aliphatic heterocycles. The Hall–Kier alpha value is -1.94. The number of anilines is 1. The van der Waals surface area contributed by atoms with E-state index in [1.54, 1.807) is 30.3 Å². The molecule has 2 rings (SSSR count). The Morgan fingerprint density at radius 1 is 1.16 bits per heavy atom. The van der Waals surface area contributed by atoms with Crippen molar-refractivity contribution in [1.82, 2.24) is 0 Å². The number of hydrogen-bond acceptors (Lipinski definition) is 3. The molecule has 2 aromatic carbocycles. The van der Waals surface area contributed by atoms with Crippen molar-refractivity contribution < 1.29 is 13.9 Å². The smallest absolute Gasteiger partial charge is 0.165 e. The van der Waals surface area contributed by atoms with E-state index in [2.05, 4.69) is 0 Å². The maximum Gasteiger partial charge on any atom is 0.165 e. The molecule has 0 aliphatic carbocycles. The van der Waals surface area contributed by atoms with Crippen molar-refractivity contribution in [3.63, 3.8) is 0 Å². The van der Waals surface area contributed by atoms with Crippen LogP contribution in [0.3, 0.4) is 0 Å². The molecule has 19 heavy (non-hydrogen) atoms. The van der Waals surface area contributed by atoms with E-state index in [0.717, 1.165) is 0 Å². The van der Waals surface area contributed by atoms with Gasteiger partial charge in [-0.2, -0.15) is 0 Å². The van der Waals surface area contributed by atoms with Crippen LogP contribution >= 0.6 is 11.6 Å². The number of nitrogens with two attached hydrogens (primary N) is 1. The normalized spacial score (nSPS) is 10.3. The molecule has 5 heteroatoms. The molecule has 2 N–H and O–H groups in total. The van der Waals surface area contributed by atoms with E-state index in [-0.39, 0.29) is 12.4 Å². The summed E-state index contributed by atoms with van der Waals surface area (Å²) in [5, 5.41) is 0.425. The van der Waals surface area contributed by atoms with Crippen LogP contribution in [0.2, 0.25) is 5.02 Å². The maximum absolute atomic E-state index is 13.5. The third-order valence-electron chi connectivity index (χ3n) is 2.57. The Morgan fingerprint density at radius 3 is 2.53 bits per heavy atom. The van der Waals surface area contributed by atoms with Gasteiger partial charge >= 0.3 is 0 Å². The van der Waals surface area contributed by atoms with Gasteiger partial charge in [0.05, 0.1) is 12.1 Å². The number of benzene rings is 2. The summed E-state index contributed by atoms with van der Waals surface area (Å²) in [6, 6.07) is 9.62. The number of ether oxygens (including phenoxy) is 2. The van der Waals surface area contributed by atoms with Gasteiger partial charge in [0.2, 0.25) is 0 Å². The molecule has 0 fully saturated rings. The largest absolute Gasteiger partial charge is 0.494 e. The predicted molar refractivity (Wildman–Crippen MR) is 73.1 cm³/mol. The van der Waals surface area contributed by atoms with Crippen molar-refractivity contribution in [2.24, 2.45) is 0 Å². The Kier molecular flexibility index (Phi) is 4.12. The van der Waals surface area contributed by atoms with Crippen LogP contribution in [0.25, 0.3) is 0 Å². The van der Waals surface area contributed by atoms with Gasteiger partial charge < -0.3 is 15.2 Å².